The van der Waals surface area contributed by atoms with Crippen LogP contribution in [0.4, 0.5) is 0 Å². The number of aromatic nitrogens is 2. The van der Waals surface area contributed by atoms with Crippen molar-refractivity contribution in [2.24, 2.45) is 5.41 Å². The Labute approximate surface area is 136 Å². The van der Waals surface area contributed by atoms with Gasteiger partial charge < -0.3 is 10.1 Å². The van der Waals surface area contributed by atoms with E-state index in [4.69, 9.17) is 4.74 Å². The Morgan fingerprint density at radius 3 is 2.64 bits per heavy atom. The fraction of sp³-hybridized carbons (Fsp3) is 0.400. The molecule has 22 heavy (non-hydrogen) atoms. The molecule has 0 aliphatic heterocycles. The lowest BCUT2D eigenvalue weighted by Gasteiger charge is -2.28. The third-order valence-corrected chi connectivity index (χ3v) is 3.81. The summed E-state index contributed by atoms with van der Waals surface area (Å²) in [5.41, 5.74) is 0.517. The molecule has 118 valence electrons. The second-order valence-electron chi connectivity index (χ2n) is 6.06. The maximum Gasteiger partial charge on any atom is 0.328 e. The summed E-state index contributed by atoms with van der Waals surface area (Å²) in [5, 5.41) is 10.2. The van der Waals surface area contributed by atoms with Crippen molar-refractivity contribution in [1.82, 2.24) is 15.5 Å². The first-order valence-electron chi connectivity index (χ1n) is 6.76. The van der Waals surface area contributed by atoms with Crippen LogP contribution >= 0.6 is 15.9 Å². The van der Waals surface area contributed by atoms with Crippen molar-refractivity contribution >= 4 is 38.7 Å². The molecule has 0 aliphatic rings. The second-order valence-corrected chi connectivity index (χ2v) is 6.97. The quantitative estimate of drug-likeness (QED) is 0.816. The molecular formula is C15H18BrN3O3. The van der Waals surface area contributed by atoms with Crippen molar-refractivity contribution < 1.29 is 14.3 Å². The highest BCUT2D eigenvalue weighted by atomic mass is 79.9. The number of esters is 1. The SMILES string of the molecule is COC(=O)[C@@H](NC(=O)c1n[nH]c2ccc(Br)cc12)C(C)(C)C. The Balaban J connectivity index is 2.33. The summed E-state index contributed by atoms with van der Waals surface area (Å²) >= 11 is 3.37. The van der Waals surface area contributed by atoms with Crippen LogP contribution in [-0.4, -0.2) is 35.2 Å². The van der Waals surface area contributed by atoms with Crippen LogP contribution in [-0.2, 0) is 9.53 Å². The standard InChI is InChI=1S/C15H18BrN3O3/c1-15(2,3)12(14(21)22-4)17-13(20)11-9-7-8(16)5-6-10(9)18-19-11/h5-7,12H,1-4H3,(H,17,20)(H,18,19)/t12-/m1/s1. The number of nitrogens with one attached hydrogen (secondary N) is 2. The molecule has 1 heterocycles. The number of carbonyl (C=O) groups is 2. The normalized spacial score (nSPS) is 13.0. The first-order chi connectivity index (χ1) is 10.2. The maximum absolute atomic E-state index is 12.5. The number of ether oxygens (including phenoxy) is 1. The highest BCUT2D eigenvalue weighted by molar-refractivity contribution is 9.10. The molecule has 2 rings (SSSR count). The van der Waals surface area contributed by atoms with Crippen molar-refractivity contribution in [3.63, 3.8) is 0 Å². The second kappa shape index (κ2) is 6.08. The summed E-state index contributed by atoms with van der Waals surface area (Å²) < 4.78 is 5.62. The van der Waals surface area contributed by atoms with Gasteiger partial charge in [0.05, 0.1) is 12.6 Å². The molecule has 1 atom stereocenters. The van der Waals surface area contributed by atoms with Gasteiger partial charge in [0.2, 0.25) is 0 Å². The molecule has 2 aromatic rings. The number of H-pyrrole nitrogens is 1. The number of rotatable bonds is 3. The topological polar surface area (TPSA) is 84.1 Å². The molecule has 0 aliphatic carbocycles. The van der Waals surface area contributed by atoms with Crippen LogP contribution in [0.1, 0.15) is 31.3 Å². The molecule has 0 radical (unpaired) electrons. The van der Waals surface area contributed by atoms with Crippen LogP contribution < -0.4 is 5.32 Å². The number of hydrogen-bond donors (Lipinski definition) is 2. The summed E-state index contributed by atoms with van der Waals surface area (Å²) in [7, 11) is 1.30. The lowest BCUT2D eigenvalue weighted by Crippen LogP contribution is -2.49. The highest BCUT2D eigenvalue weighted by Crippen LogP contribution is 2.23. The van der Waals surface area contributed by atoms with Crippen LogP contribution in [0.3, 0.4) is 0 Å². The van der Waals surface area contributed by atoms with Gasteiger partial charge >= 0.3 is 5.97 Å². The molecule has 2 N–H and O–H groups in total. The molecule has 6 nitrogen and oxygen atoms in total. The molecule has 0 fully saturated rings. The van der Waals surface area contributed by atoms with E-state index in [1.165, 1.54) is 7.11 Å². The Bertz CT molecular complexity index is 718. The van der Waals surface area contributed by atoms with Gasteiger partial charge in [0, 0.05) is 9.86 Å². The largest absolute Gasteiger partial charge is 0.467 e. The zero-order valence-electron chi connectivity index (χ0n) is 12.9. The number of hydrogen-bond acceptors (Lipinski definition) is 4. The van der Waals surface area contributed by atoms with Crippen LogP contribution in [0.15, 0.2) is 22.7 Å². The smallest absolute Gasteiger partial charge is 0.328 e. The molecular weight excluding hydrogens is 350 g/mol. The summed E-state index contributed by atoms with van der Waals surface area (Å²) in [6.07, 6.45) is 0. The number of aromatic amines is 1. The predicted octanol–water partition coefficient (Wildman–Crippen LogP) is 2.64. The number of amides is 1. The van der Waals surface area contributed by atoms with Gasteiger partial charge in [-0.25, -0.2) is 4.79 Å². The summed E-state index contributed by atoms with van der Waals surface area (Å²) in [4.78, 5) is 24.4. The van der Waals surface area contributed by atoms with Gasteiger partial charge in [0.25, 0.3) is 5.91 Å². The van der Waals surface area contributed by atoms with Crippen LogP contribution in [0, 0.1) is 5.41 Å². The van der Waals surface area contributed by atoms with Gasteiger partial charge in [-0.1, -0.05) is 36.7 Å². The van der Waals surface area contributed by atoms with Crippen molar-refractivity contribution in [2.75, 3.05) is 7.11 Å². The minimum absolute atomic E-state index is 0.245. The molecule has 0 spiro atoms. The average Bonchev–Trinajstić information content (AvgIpc) is 2.85. The number of nitrogens with zero attached hydrogens (tertiary/aromatic N) is 1. The third-order valence-electron chi connectivity index (χ3n) is 3.32. The van der Waals surface area contributed by atoms with Gasteiger partial charge in [0.1, 0.15) is 6.04 Å². The monoisotopic (exact) mass is 367 g/mol. The van der Waals surface area contributed by atoms with Crippen molar-refractivity contribution in [3.8, 4) is 0 Å². The number of halogens is 1. The molecule has 1 aromatic carbocycles. The summed E-state index contributed by atoms with van der Waals surface area (Å²) in [6, 6.07) is 4.72. The molecule has 7 heteroatoms. The summed E-state index contributed by atoms with van der Waals surface area (Å²) in [6.45, 7) is 5.57. The zero-order valence-corrected chi connectivity index (χ0v) is 14.4. The predicted molar refractivity (Wildman–Crippen MR) is 86.5 cm³/mol. The van der Waals surface area contributed by atoms with E-state index in [9.17, 15) is 9.59 Å². The number of benzene rings is 1. The van der Waals surface area contributed by atoms with E-state index in [0.717, 1.165) is 9.99 Å². The minimum atomic E-state index is -0.760. The van der Waals surface area contributed by atoms with Crippen molar-refractivity contribution in [1.29, 1.82) is 0 Å². The first-order valence-corrected chi connectivity index (χ1v) is 7.55. The van der Waals surface area contributed by atoms with E-state index in [1.807, 2.05) is 32.9 Å². The first kappa shape index (κ1) is 16.5. The highest BCUT2D eigenvalue weighted by Gasteiger charge is 2.34. The van der Waals surface area contributed by atoms with E-state index in [-0.39, 0.29) is 5.69 Å². The number of fused-ring (bicyclic) bond motifs is 1. The van der Waals surface area contributed by atoms with Crippen molar-refractivity contribution in [2.45, 2.75) is 26.8 Å². The molecule has 0 unspecified atom stereocenters. The van der Waals surface area contributed by atoms with Crippen LogP contribution in [0.2, 0.25) is 0 Å². The van der Waals surface area contributed by atoms with Crippen LogP contribution in [0.5, 0.6) is 0 Å². The van der Waals surface area contributed by atoms with Crippen molar-refractivity contribution in [3.05, 3.63) is 28.4 Å². The fourth-order valence-electron chi connectivity index (χ4n) is 2.11. The molecule has 1 amide bonds. The van der Waals surface area contributed by atoms with Gasteiger partial charge in [-0.2, -0.15) is 5.10 Å². The lowest BCUT2D eigenvalue weighted by molar-refractivity contribution is -0.145. The summed E-state index contributed by atoms with van der Waals surface area (Å²) in [5.74, 6) is -0.906. The van der Waals surface area contributed by atoms with Gasteiger partial charge in [-0.3, -0.25) is 9.89 Å². The number of carbonyl (C=O) groups excluding carboxylic acids is 2. The van der Waals surface area contributed by atoms with Gasteiger partial charge in [-0.05, 0) is 23.6 Å². The Morgan fingerprint density at radius 1 is 1.36 bits per heavy atom. The van der Waals surface area contributed by atoms with Crippen LogP contribution in [0.25, 0.3) is 10.9 Å². The minimum Gasteiger partial charge on any atom is -0.467 e. The molecule has 0 saturated carbocycles. The van der Waals surface area contributed by atoms with E-state index < -0.39 is 23.3 Å². The van der Waals surface area contributed by atoms with Gasteiger partial charge in [0.15, 0.2) is 5.69 Å². The Morgan fingerprint density at radius 2 is 2.05 bits per heavy atom. The van der Waals surface area contributed by atoms with E-state index in [0.29, 0.717) is 5.39 Å². The third kappa shape index (κ3) is 3.30. The van der Waals surface area contributed by atoms with E-state index in [2.05, 4.69) is 31.4 Å². The van der Waals surface area contributed by atoms with E-state index >= 15 is 0 Å². The molecule has 0 saturated heterocycles. The molecule has 1 aromatic heterocycles. The zero-order chi connectivity index (χ0) is 16.5. The van der Waals surface area contributed by atoms with E-state index in [1.54, 1.807) is 6.07 Å². The maximum atomic E-state index is 12.5. The molecule has 0 bridgehead atoms. The lowest BCUT2D eigenvalue weighted by atomic mass is 9.86. The Hall–Kier alpha value is -1.89. The number of methoxy groups -OCH3 is 1. The fourth-order valence-corrected chi connectivity index (χ4v) is 2.47. The Kier molecular flexibility index (Phi) is 4.55. The average molecular weight is 368 g/mol. The van der Waals surface area contributed by atoms with Gasteiger partial charge in [-0.15, -0.1) is 0 Å².